The fraction of sp³-hybridized carbons (Fsp3) is 0.333. The molecule has 0 aromatic heterocycles. The first-order chi connectivity index (χ1) is 3.81. The molecule has 0 amide bonds. The average Bonchev–Trinajstić information content (AvgIpc) is 1.83. The lowest BCUT2D eigenvalue weighted by Gasteiger charge is -1.93. The first kappa shape index (κ1) is 8.44. The molecule has 2 heteroatoms. The molecule has 0 fully saturated rings. The van der Waals surface area contributed by atoms with Crippen LogP contribution in [0.1, 0.15) is 6.42 Å². The zero-order valence-corrected chi connectivity index (χ0v) is 7.65. The van der Waals surface area contributed by atoms with E-state index in [0.717, 1.165) is 6.42 Å². The predicted molar refractivity (Wildman–Crippen MR) is 45.6 cm³/mol. The van der Waals surface area contributed by atoms with Gasteiger partial charge in [-0.2, -0.15) is 0 Å². The largest absolute Gasteiger partial charge is 0.102 e. The van der Waals surface area contributed by atoms with E-state index < -0.39 is 0 Å². The maximum absolute atomic E-state index is 3.62. The summed E-state index contributed by atoms with van der Waals surface area (Å²) in [6.07, 6.45) is 4.89. The third-order valence-electron chi connectivity index (χ3n) is 0.706. The summed E-state index contributed by atoms with van der Waals surface area (Å²) in [5, 5.41) is 0. The van der Waals surface area contributed by atoms with Crippen molar-refractivity contribution in [3.05, 3.63) is 23.7 Å². The van der Waals surface area contributed by atoms with Gasteiger partial charge in [-0.15, -0.1) is 6.58 Å². The van der Waals surface area contributed by atoms with Crippen molar-refractivity contribution in [1.29, 1.82) is 0 Å². The summed E-state index contributed by atoms with van der Waals surface area (Å²) >= 11 is 6.56. The fourth-order valence-electron chi connectivity index (χ4n) is 0.278. The Morgan fingerprint density at radius 3 is 2.62 bits per heavy atom. The summed E-state index contributed by atoms with van der Waals surface area (Å²) < 4.78 is 0. The Morgan fingerprint density at radius 2 is 2.25 bits per heavy atom. The third-order valence-corrected chi connectivity index (χ3v) is 1.83. The fourth-order valence-corrected chi connectivity index (χ4v) is 0.709. The molecular formula is C6H8Br2. The monoisotopic (exact) mass is 238 g/mol. The molecule has 0 saturated carbocycles. The van der Waals surface area contributed by atoms with E-state index in [1.54, 1.807) is 0 Å². The summed E-state index contributed by atoms with van der Waals surface area (Å²) in [5.74, 6) is 0. The molecule has 1 unspecified atom stereocenters. The van der Waals surface area contributed by atoms with Gasteiger partial charge in [-0.1, -0.05) is 44.0 Å². The number of hydrogen-bond acceptors (Lipinski definition) is 0. The van der Waals surface area contributed by atoms with Crippen molar-refractivity contribution < 1.29 is 0 Å². The van der Waals surface area contributed by atoms with Crippen molar-refractivity contribution in [1.82, 2.24) is 0 Å². The van der Waals surface area contributed by atoms with Crippen LogP contribution in [0, 0.1) is 0 Å². The van der Waals surface area contributed by atoms with Gasteiger partial charge in [0.15, 0.2) is 0 Å². The second-order valence-electron chi connectivity index (χ2n) is 1.35. The lowest BCUT2D eigenvalue weighted by Crippen LogP contribution is -1.85. The molecule has 0 aliphatic carbocycles. The van der Waals surface area contributed by atoms with Gasteiger partial charge in [-0.3, -0.25) is 0 Å². The summed E-state index contributed by atoms with van der Waals surface area (Å²) in [6.45, 7) is 3.62. The Hall–Kier alpha value is 0.440. The van der Waals surface area contributed by atoms with Gasteiger partial charge >= 0.3 is 0 Å². The summed E-state index contributed by atoms with van der Waals surface area (Å²) in [4.78, 5) is 2.27. The highest BCUT2D eigenvalue weighted by molar-refractivity contribution is 9.11. The highest BCUT2D eigenvalue weighted by atomic mass is 79.9. The van der Waals surface area contributed by atoms with Gasteiger partial charge in [-0.25, -0.2) is 0 Å². The number of hydrogen-bond donors (Lipinski definition) is 0. The molecule has 0 rings (SSSR count). The van der Waals surface area contributed by atoms with E-state index in [4.69, 9.17) is 0 Å². The van der Waals surface area contributed by atoms with E-state index in [0.29, 0.717) is 4.83 Å². The van der Waals surface area contributed by atoms with Crippen molar-refractivity contribution in [3.8, 4) is 0 Å². The van der Waals surface area contributed by atoms with Gasteiger partial charge in [0, 0.05) is 4.83 Å². The molecule has 8 heavy (non-hydrogen) atoms. The minimum Gasteiger partial charge on any atom is -0.102 e. The standard InChI is InChI=1S/C6H8Br2/c1-2-6(8)4-3-5-7/h2-3,5-6H,1,4H2. The van der Waals surface area contributed by atoms with Crippen LogP contribution >= 0.6 is 31.9 Å². The molecule has 0 heterocycles. The third kappa shape index (κ3) is 4.60. The van der Waals surface area contributed by atoms with Crippen LogP contribution in [0.25, 0.3) is 0 Å². The molecule has 46 valence electrons. The topological polar surface area (TPSA) is 0 Å². The number of allylic oxidation sites excluding steroid dienone is 2. The maximum atomic E-state index is 3.62. The van der Waals surface area contributed by atoms with E-state index in [1.165, 1.54) is 0 Å². The summed E-state index contributed by atoms with van der Waals surface area (Å²) in [7, 11) is 0. The van der Waals surface area contributed by atoms with Crippen molar-refractivity contribution in [2.45, 2.75) is 11.2 Å². The molecule has 0 bridgehead atoms. The van der Waals surface area contributed by atoms with Crippen LogP contribution in [0.15, 0.2) is 23.7 Å². The molecule has 1 atom stereocenters. The Bertz CT molecular complexity index is 86.5. The van der Waals surface area contributed by atoms with Crippen LogP contribution in [-0.2, 0) is 0 Å². The number of halogens is 2. The van der Waals surface area contributed by atoms with E-state index in [1.807, 2.05) is 17.1 Å². The molecular weight excluding hydrogens is 232 g/mol. The van der Waals surface area contributed by atoms with Crippen molar-refractivity contribution in [2.24, 2.45) is 0 Å². The van der Waals surface area contributed by atoms with Gasteiger partial charge in [-0.05, 0) is 11.4 Å². The van der Waals surface area contributed by atoms with E-state index in [9.17, 15) is 0 Å². The van der Waals surface area contributed by atoms with Gasteiger partial charge in [0.1, 0.15) is 0 Å². The second kappa shape index (κ2) is 5.57. The lowest BCUT2D eigenvalue weighted by atomic mass is 10.3. The SMILES string of the molecule is C=CC(Br)CC=CBr. The summed E-state index contributed by atoms with van der Waals surface area (Å²) in [5.41, 5.74) is 0. The van der Waals surface area contributed by atoms with Gasteiger partial charge in [0.25, 0.3) is 0 Å². The van der Waals surface area contributed by atoms with Gasteiger partial charge < -0.3 is 0 Å². The Labute approximate surface area is 66.9 Å². The zero-order valence-electron chi connectivity index (χ0n) is 4.48. The van der Waals surface area contributed by atoms with Crippen LogP contribution in [0.5, 0.6) is 0 Å². The van der Waals surface area contributed by atoms with Crippen molar-refractivity contribution >= 4 is 31.9 Å². The summed E-state index contributed by atoms with van der Waals surface area (Å²) in [6, 6.07) is 0. The van der Waals surface area contributed by atoms with Gasteiger partial charge in [0.2, 0.25) is 0 Å². The van der Waals surface area contributed by atoms with Crippen LogP contribution in [0.3, 0.4) is 0 Å². The average molecular weight is 240 g/mol. The normalized spacial score (nSPS) is 14.2. The molecule has 0 spiro atoms. The quantitative estimate of drug-likeness (QED) is 0.524. The predicted octanol–water partition coefficient (Wildman–Crippen LogP) is 3.23. The molecule has 0 aromatic carbocycles. The number of rotatable bonds is 3. The molecule has 0 nitrogen and oxygen atoms in total. The van der Waals surface area contributed by atoms with Gasteiger partial charge in [0.05, 0.1) is 0 Å². The molecule has 0 N–H and O–H groups in total. The first-order valence-electron chi connectivity index (χ1n) is 2.33. The van der Waals surface area contributed by atoms with Crippen molar-refractivity contribution in [2.75, 3.05) is 0 Å². The van der Waals surface area contributed by atoms with Crippen LogP contribution in [-0.4, -0.2) is 4.83 Å². The second-order valence-corrected chi connectivity index (χ2v) is 3.05. The first-order valence-corrected chi connectivity index (χ1v) is 4.16. The molecule has 0 aliphatic heterocycles. The molecule has 0 aliphatic rings. The van der Waals surface area contributed by atoms with E-state index in [-0.39, 0.29) is 0 Å². The number of alkyl halides is 1. The highest BCUT2D eigenvalue weighted by Crippen LogP contribution is 2.06. The Kier molecular flexibility index (Phi) is 5.88. The highest BCUT2D eigenvalue weighted by Gasteiger charge is 1.90. The maximum Gasteiger partial charge on any atom is 0.0357 e. The smallest absolute Gasteiger partial charge is 0.0357 e. The van der Waals surface area contributed by atoms with E-state index >= 15 is 0 Å². The Morgan fingerprint density at radius 1 is 1.62 bits per heavy atom. The van der Waals surface area contributed by atoms with Crippen LogP contribution in [0.4, 0.5) is 0 Å². The van der Waals surface area contributed by atoms with Crippen molar-refractivity contribution in [3.63, 3.8) is 0 Å². The zero-order chi connectivity index (χ0) is 6.41. The lowest BCUT2D eigenvalue weighted by molar-refractivity contribution is 1.10. The van der Waals surface area contributed by atoms with E-state index in [2.05, 4.69) is 38.4 Å². The van der Waals surface area contributed by atoms with Crippen LogP contribution < -0.4 is 0 Å². The molecule has 0 radical (unpaired) electrons. The molecule has 0 aromatic rings. The molecule has 0 saturated heterocycles. The minimum absolute atomic E-state index is 0.413. The Balaban J connectivity index is 3.23. The minimum atomic E-state index is 0.413. The van der Waals surface area contributed by atoms with Crippen LogP contribution in [0.2, 0.25) is 0 Å².